The van der Waals surface area contributed by atoms with Crippen molar-refractivity contribution in [2.75, 3.05) is 5.73 Å². The summed E-state index contributed by atoms with van der Waals surface area (Å²) in [5, 5.41) is 2.98. The molecular formula is C20H19N5O2. The number of hydrogen-bond donors (Lipinski definition) is 2. The standard InChI is InChI=1S/C20H19N5O2/c1-2-15-16(21)9-6-10-17(15)27-12-14-11-18(26)25-20(22-14)23-19(24-25)13-7-4-3-5-8-13/h3-11H,2,12,21H2,1H3,(H,22,23,24). The smallest absolute Gasteiger partial charge is 0.274 e. The van der Waals surface area contributed by atoms with Crippen LogP contribution in [0.15, 0.2) is 59.4 Å². The molecular weight excluding hydrogens is 342 g/mol. The Hall–Kier alpha value is -3.61. The number of aromatic nitrogens is 4. The normalized spacial score (nSPS) is 11.0. The van der Waals surface area contributed by atoms with Crippen LogP contribution >= 0.6 is 0 Å². The van der Waals surface area contributed by atoms with Crippen LogP contribution in [0.5, 0.6) is 5.75 Å². The Morgan fingerprint density at radius 3 is 2.70 bits per heavy atom. The van der Waals surface area contributed by atoms with Crippen LogP contribution in [0.25, 0.3) is 17.2 Å². The van der Waals surface area contributed by atoms with Gasteiger partial charge in [0.2, 0.25) is 0 Å². The Bertz CT molecular complexity index is 1150. The second-order valence-electron chi connectivity index (χ2n) is 6.13. The lowest BCUT2D eigenvalue weighted by Gasteiger charge is -2.11. The highest BCUT2D eigenvalue weighted by Crippen LogP contribution is 2.25. The molecule has 0 fully saturated rings. The molecule has 0 saturated carbocycles. The number of hydrogen-bond acceptors (Lipinski definition) is 5. The van der Waals surface area contributed by atoms with Gasteiger partial charge in [-0.15, -0.1) is 0 Å². The van der Waals surface area contributed by atoms with Crippen molar-refractivity contribution in [1.29, 1.82) is 0 Å². The predicted molar refractivity (Wildman–Crippen MR) is 104 cm³/mol. The molecule has 0 aliphatic rings. The molecule has 0 spiro atoms. The van der Waals surface area contributed by atoms with Gasteiger partial charge >= 0.3 is 0 Å². The van der Waals surface area contributed by atoms with E-state index in [1.54, 1.807) is 0 Å². The van der Waals surface area contributed by atoms with Crippen molar-refractivity contribution in [3.63, 3.8) is 0 Å². The third-order valence-corrected chi connectivity index (χ3v) is 4.33. The molecule has 0 saturated heterocycles. The first-order valence-electron chi connectivity index (χ1n) is 8.70. The SMILES string of the molecule is CCc1c(N)cccc1OCc1cc(=O)n2[nH]c(-c3ccccc3)nc2n1. The molecule has 7 heteroatoms. The molecule has 27 heavy (non-hydrogen) atoms. The minimum Gasteiger partial charge on any atom is -0.487 e. The number of rotatable bonds is 5. The fourth-order valence-electron chi connectivity index (χ4n) is 2.97. The first-order chi connectivity index (χ1) is 13.2. The van der Waals surface area contributed by atoms with Crippen molar-refractivity contribution in [3.05, 3.63) is 76.2 Å². The van der Waals surface area contributed by atoms with Gasteiger partial charge in [-0.25, -0.2) is 4.98 Å². The van der Waals surface area contributed by atoms with Crippen molar-refractivity contribution < 1.29 is 4.74 Å². The van der Waals surface area contributed by atoms with E-state index in [-0.39, 0.29) is 12.2 Å². The van der Waals surface area contributed by atoms with Crippen LogP contribution < -0.4 is 16.0 Å². The van der Waals surface area contributed by atoms with Crippen LogP contribution in [-0.2, 0) is 13.0 Å². The van der Waals surface area contributed by atoms with Crippen molar-refractivity contribution in [2.24, 2.45) is 0 Å². The van der Waals surface area contributed by atoms with Gasteiger partial charge in [0, 0.05) is 22.9 Å². The molecule has 2 aromatic carbocycles. The van der Waals surface area contributed by atoms with E-state index in [4.69, 9.17) is 10.5 Å². The molecule has 4 aromatic rings. The molecule has 3 N–H and O–H groups in total. The van der Waals surface area contributed by atoms with Crippen molar-refractivity contribution >= 4 is 11.5 Å². The van der Waals surface area contributed by atoms with E-state index in [1.807, 2.05) is 55.5 Å². The van der Waals surface area contributed by atoms with Gasteiger partial charge in [0.25, 0.3) is 11.3 Å². The maximum atomic E-state index is 12.4. The maximum absolute atomic E-state index is 12.4. The third-order valence-electron chi connectivity index (χ3n) is 4.33. The zero-order valence-electron chi connectivity index (χ0n) is 14.8. The van der Waals surface area contributed by atoms with Gasteiger partial charge in [-0.05, 0) is 18.6 Å². The second kappa shape index (κ2) is 6.95. The zero-order chi connectivity index (χ0) is 18.8. The van der Waals surface area contributed by atoms with Gasteiger partial charge < -0.3 is 10.5 Å². The molecule has 0 aliphatic heterocycles. The molecule has 0 amide bonds. The zero-order valence-corrected chi connectivity index (χ0v) is 14.8. The molecule has 0 aliphatic carbocycles. The van der Waals surface area contributed by atoms with Crippen LogP contribution in [0, 0.1) is 0 Å². The van der Waals surface area contributed by atoms with Crippen molar-refractivity contribution in [2.45, 2.75) is 20.0 Å². The molecule has 0 radical (unpaired) electrons. The molecule has 136 valence electrons. The third kappa shape index (κ3) is 3.27. The number of benzene rings is 2. The van der Waals surface area contributed by atoms with E-state index in [9.17, 15) is 4.79 Å². The van der Waals surface area contributed by atoms with Gasteiger partial charge in [0.1, 0.15) is 12.4 Å². The number of ether oxygens (including phenoxy) is 1. The predicted octanol–water partition coefficient (Wildman–Crippen LogP) is 2.81. The average molecular weight is 361 g/mol. The summed E-state index contributed by atoms with van der Waals surface area (Å²) in [7, 11) is 0. The number of anilines is 1. The summed E-state index contributed by atoms with van der Waals surface area (Å²) in [6.45, 7) is 2.18. The highest BCUT2D eigenvalue weighted by atomic mass is 16.5. The summed E-state index contributed by atoms with van der Waals surface area (Å²) in [5.74, 6) is 1.59. The summed E-state index contributed by atoms with van der Waals surface area (Å²) in [4.78, 5) is 21.3. The molecule has 7 nitrogen and oxygen atoms in total. The Kier molecular flexibility index (Phi) is 4.33. The number of fused-ring (bicyclic) bond motifs is 1. The summed E-state index contributed by atoms with van der Waals surface area (Å²) in [6.07, 6.45) is 0.761. The first kappa shape index (κ1) is 16.8. The molecule has 0 bridgehead atoms. The number of nitrogens with zero attached hydrogens (tertiary/aromatic N) is 3. The Morgan fingerprint density at radius 2 is 1.93 bits per heavy atom. The lowest BCUT2D eigenvalue weighted by Crippen LogP contribution is -2.16. The van der Waals surface area contributed by atoms with Crippen molar-refractivity contribution in [3.8, 4) is 17.1 Å². The van der Waals surface area contributed by atoms with Gasteiger partial charge in [0.15, 0.2) is 5.82 Å². The van der Waals surface area contributed by atoms with Gasteiger partial charge in [-0.1, -0.05) is 43.3 Å². The lowest BCUT2D eigenvalue weighted by atomic mass is 10.1. The molecule has 2 aromatic heterocycles. The first-order valence-corrected chi connectivity index (χ1v) is 8.70. The number of nitrogen functional groups attached to an aromatic ring is 1. The minimum absolute atomic E-state index is 0.162. The van der Waals surface area contributed by atoms with E-state index in [1.165, 1.54) is 10.6 Å². The molecule has 4 rings (SSSR count). The van der Waals surface area contributed by atoms with E-state index in [0.717, 1.165) is 17.5 Å². The van der Waals surface area contributed by atoms with E-state index < -0.39 is 0 Å². The monoisotopic (exact) mass is 361 g/mol. The fraction of sp³-hybridized carbons (Fsp3) is 0.150. The van der Waals surface area contributed by atoms with Crippen LogP contribution in [-0.4, -0.2) is 19.6 Å². The Labute approximate surface area is 155 Å². The minimum atomic E-state index is -0.239. The van der Waals surface area contributed by atoms with Crippen LogP contribution in [0.1, 0.15) is 18.2 Å². The number of H-pyrrole nitrogens is 1. The van der Waals surface area contributed by atoms with E-state index in [0.29, 0.717) is 28.7 Å². The molecule has 2 heterocycles. The Morgan fingerprint density at radius 1 is 1.11 bits per heavy atom. The number of aromatic amines is 1. The largest absolute Gasteiger partial charge is 0.487 e. The van der Waals surface area contributed by atoms with Gasteiger partial charge in [-0.3, -0.25) is 9.89 Å². The van der Waals surface area contributed by atoms with Crippen LogP contribution in [0.3, 0.4) is 0 Å². The number of nitrogens with two attached hydrogens (primary N) is 1. The van der Waals surface area contributed by atoms with Gasteiger partial charge in [0.05, 0.1) is 5.69 Å². The average Bonchev–Trinajstić information content (AvgIpc) is 3.12. The van der Waals surface area contributed by atoms with Crippen molar-refractivity contribution in [1.82, 2.24) is 19.6 Å². The molecule has 0 atom stereocenters. The second-order valence-corrected chi connectivity index (χ2v) is 6.13. The van der Waals surface area contributed by atoms with Gasteiger partial charge in [-0.2, -0.15) is 9.50 Å². The van der Waals surface area contributed by atoms with E-state index >= 15 is 0 Å². The lowest BCUT2D eigenvalue weighted by molar-refractivity contribution is 0.298. The summed E-state index contributed by atoms with van der Waals surface area (Å²) >= 11 is 0. The highest BCUT2D eigenvalue weighted by Gasteiger charge is 2.11. The quantitative estimate of drug-likeness (QED) is 0.533. The summed E-state index contributed by atoms with van der Waals surface area (Å²) in [6, 6.07) is 16.6. The number of nitrogens with one attached hydrogen (secondary N) is 1. The fourth-order valence-corrected chi connectivity index (χ4v) is 2.97. The van der Waals surface area contributed by atoms with E-state index in [2.05, 4.69) is 15.1 Å². The Balaban J connectivity index is 1.64. The summed E-state index contributed by atoms with van der Waals surface area (Å²) in [5.41, 5.74) is 8.79. The maximum Gasteiger partial charge on any atom is 0.274 e. The summed E-state index contributed by atoms with van der Waals surface area (Å²) < 4.78 is 7.18. The highest BCUT2D eigenvalue weighted by molar-refractivity contribution is 5.56. The topological polar surface area (TPSA) is 98.3 Å². The molecule has 0 unspecified atom stereocenters. The van der Waals surface area contributed by atoms with Crippen LogP contribution in [0.4, 0.5) is 5.69 Å². The van der Waals surface area contributed by atoms with Crippen LogP contribution in [0.2, 0.25) is 0 Å².